The summed E-state index contributed by atoms with van der Waals surface area (Å²) in [6.07, 6.45) is 0. The maximum atomic E-state index is 4.09. The van der Waals surface area contributed by atoms with Crippen molar-refractivity contribution in [3.63, 3.8) is 0 Å². The molecule has 0 atom stereocenters. The molecule has 0 aliphatic carbocycles. The van der Waals surface area contributed by atoms with Crippen LogP contribution in [-0.4, -0.2) is 16.7 Å². The van der Waals surface area contributed by atoms with Crippen molar-refractivity contribution >= 4 is 0 Å². The summed E-state index contributed by atoms with van der Waals surface area (Å²) in [5.41, 5.74) is 3.25. The molecule has 0 radical (unpaired) electrons. The van der Waals surface area contributed by atoms with Gasteiger partial charge in [0.25, 0.3) is 0 Å². The maximum absolute atomic E-state index is 4.09. The van der Waals surface area contributed by atoms with Gasteiger partial charge in [-0.15, -0.1) is 0 Å². The van der Waals surface area contributed by atoms with Crippen molar-refractivity contribution < 1.29 is 0 Å². The van der Waals surface area contributed by atoms with Crippen LogP contribution in [0.2, 0.25) is 0 Å². The number of rotatable bonds is 4. The lowest BCUT2D eigenvalue weighted by Crippen LogP contribution is -2.20. The lowest BCUT2D eigenvalue weighted by molar-refractivity contribution is 0.550. The molecular formula is C11H19N3. The molecule has 0 saturated carbocycles. The molecule has 1 aromatic heterocycles. The summed E-state index contributed by atoms with van der Waals surface area (Å²) < 4.78 is 0. The molecule has 3 heteroatoms. The minimum absolute atomic E-state index is 0.686. The molecule has 0 aliphatic heterocycles. The number of hydrogen-bond donors (Lipinski definition) is 1. The Labute approximate surface area is 85.9 Å². The van der Waals surface area contributed by atoms with E-state index in [1.54, 1.807) is 0 Å². The average molecular weight is 193 g/mol. The SMILES string of the molecule is Cc1cc(CNCC(C)C)c(C)nn1. The predicted octanol–water partition coefficient (Wildman–Crippen LogP) is 1.84. The molecule has 0 aliphatic rings. The number of aryl methyl sites for hydroxylation is 2. The molecule has 0 unspecified atom stereocenters. The van der Waals surface area contributed by atoms with Gasteiger partial charge in [0.15, 0.2) is 0 Å². The summed E-state index contributed by atoms with van der Waals surface area (Å²) >= 11 is 0. The van der Waals surface area contributed by atoms with Crippen LogP contribution in [0, 0.1) is 19.8 Å². The van der Waals surface area contributed by atoms with Crippen LogP contribution in [0.5, 0.6) is 0 Å². The van der Waals surface area contributed by atoms with E-state index in [0.717, 1.165) is 24.5 Å². The second-order valence-electron chi connectivity index (χ2n) is 4.12. The van der Waals surface area contributed by atoms with E-state index in [4.69, 9.17) is 0 Å². The van der Waals surface area contributed by atoms with Crippen molar-refractivity contribution in [3.05, 3.63) is 23.0 Å². The molecule has 0 spiro atoms. The van der Waals surface area contributed by atoms with E-state index in [0.29, 0.717) is 5.92 Å². The van der Waals surface area contributed by atoms with Gasteiger partial charge in [0, 0.05) is 6.54 Å². The van der Waals surface area contributed by atoms with E-state index in [9.17, 15) is 0 Å². The maximum Gasteiger partial charge on any atom is 0.0645 e. The Balaban J connectivity index is 2.53. The normalized spacial score (nSPS) is 10.9. The van der Waals surface area contributed by atoms with Gasteiger partial charge in [0.05, 0.1) is 11.4 Å². The van der Waals surface area contributed by atoms with Crippen molar-refractivity contribution in [1.82, 2.24) is 15.5 Å². The minimum atomic E-state index is 0.686. The van der Waals surface area contributed by atoms with Gasteiger partial charge in [0.1, 0.15) is 0 Å². The smallest absolute Gasteiger partial charge is 0.0645 e. The molecule has 1 aromatic rings. The number of nitrogens with one attached hydrogen (secondary N) is 1. The van der Waals surface area contributed by atoms with Gasteiger partial charge in [0.2, 0.25) is 0 Å². The molecule has 1 N–H and O–H groups in total. The van der Waals surface area contributed by atoms with Crippen LogP contribution in [0.1, 0.15) is 30.8 Å². The van der Waals surface area contributed by atoms with Gasteiger partial charge in [-0.3, -0.25) is 0 Å². The predicted molar refractivity (Wildman–Crippen MR) is 58.1 cm³/mol. The fraction of sp³-hybridized carbons (Fsp3) is 0.636. The molecule has 0 fully saturated rings. The molecule has 3 nitrogen and oxygen atoms in total. The summed E-state index contributed by atoms with van der Waals surface area (Å²) in [4.78, 5) is 0. The summed E-state index contributed by atoms with van der Waals surface area (Å²) in [5.74, 6) is 0.686. The Morgan fingerprint density at radius 3 is 2.64 bits per heavy atom. The van der Waals surface area contributed by atoms with Crippen molar-refractivity contribution in [2.75, 3.05) is 6.54 Å². The van der Waals surface area contributed by atoms with Crippen molar-refractivity contribution in [2.24, 2.45) is 5.92 Å². The van der Waals surface area contributed by atoms with Gasteiger partial charge >= 0.3 is 0 Å². The van der Waals surface area contributed by atoms with Gasteiger partial charge in [-0.05, 0) is 37.9 Å². The van der Waals surface area contributed by atoms with E-state index >= 15 is 0 Å². The molecule has 0 aromatic carbocycles. The molecule has 0 saturated heterocycles. The highest BCUT2D eigenvalue weighted by molar-refractivity contribution is 5.19. The highest BCUT2D eigenvalue weighted by Crippen LogP contribution is 2.04. The summed E-state index contributed by atoms with van der Waals surface area (Å²) in [6.45, 7) is 10.3. The van der Waals surface area contributed by atoms with E-state index in [2.05, 4.69) is 35.4 Å². The van der Waals surface area contributed by atoms with Crippen molar-refractivity contribution in [3.8, 4) is 0 Å². The Kier molecular flexibility index (Phi) is 4.01. The summed E-state index contributed by atoms with van der Waals surface area (Å²) in [6, 6.07) is 2.09. The number of nitrogens with zero attached hydrogens (tertiary/aromatic N) is 2. The monoisotopic (exact) mass is 193 g/mol. The fourth-order valence-corrected chi connectivity index (χ4v) is 1.28. The van der Waals surface area contributed by atoms with Crippen LogP contribution in [0.15, 0.2) is 6.07 Å². The minimum Gasteiger partial charge on any atom is -0.312 e. The van der Waals surface area contributed by atoms with Gasteiger partial charge in [-0.1, -0.05) is 13.8 Å². The summed E-state index contributed by atoms with van der Waals surface area (Å²) in [7, 11) is 0. The first-order valence-corrected chi connectivity index (χ1v) is 5.10. The zero-order valence-corrected chi connectivity index (χ0v) is 9.46. The van der Waals surface area contributed by atoms with E-state index in [1.807, 2.05) is 13.8 Å². The summed E-state index contributed by atoms with van der Waals surface area (Å²) in [5, 5.41) is 11.5. The van der Waals surface area contributed by atoms with Crippen molar-refractivity contribution in [1.29, 1.82) is 0 Å². The third-order valence-electron chi connectivity index (χ3n) is 2.07. The van der Waals surface area contributed by atoms with Crippen LogP contribution < -0.4 is 5.32 Å². The van der Waals surface area contributed by atoms with E-state index in [-0.39, 0.29) is 0 Å². The van der Waals surface area contributed by atoms with Crippen LogP contribution in [0.4, 0.5) is 0 Å². The first-order chi connectivity index (χ1) is 6.59. The topological polar surface area (TPSA) is 37.8 Å². The Morgan fingerprint density at radius 2 is 2.00 bits per heavy atom. The van der Waals surface area contributed by atoms with Crippen LogP contribution in [0.25, 0.3) is 0 Å². The molecule has 1 heterocycles. The molecule has 0 bridgehead atoms. The number of aromatic nitrogens is 2. The zero-order valence-electron chi connectivity index (χ0n) is 9.46. The van der Waals surface area contributed by atoms with E-state index in [1.165, 1.54) is 5.56 Å². The second-order valence-corrected chi connectivity index (χ2v) is 4.12. The lowest BCUT2D eigenvalue weighted by Gasteiger charge is -2.09. The molecule has 14 heavy (non-hydrogen) atoms. The third-order valence-corrected chi connectivity index (χ3v) is 2.07. The van der Waals surface area contributed by atoms with Crippen molar-refractivity contribution in [2.45, 2.75) is 34.2 Å². The largest absolute Gasteiger partial charge is 0.312 e. The van der Waals surface area contributed by atoms with E-state index < -0.39 is 0 Å². The molecule has 78 valence electrons. The standard InChI is InChI=1S/C11H19N3/c1-8(2)6-12-7-11-5-9(3)13-14-10(11)4/h5,8,12H,6-7H2,1-4H3. The Bertz CT molecular complexity index is 295. The van der Waals surface area contributed by atoms with Crippen LogP contribution >= 0.6 is 0 Å². The quantitative estimate of drug-likeness (QED) is 0.793. The Hall–Kier alpha value is -0.960. The van der Waals surface area contributed by atoms with Crippen LogP contribution in [0.3, 0.4) is 0 Å². The van der Waals surface area contributed by atoms with Gasteiger partial charge in [-0.25, -0.2) is 0 Å². The van der Waals surface area contributed by atoms with Gasteiger partial charge < -0.3 is 5.32 Å². The second kappa shape index (κ2) is 5.05. The fourth-order valence-electron chi connectivity index (χ4n) is 1.28. The first-order valence-electron chi connectivity index (χ1n) is 5.10. The lowest BCUT2D eigenvalue weighted by atomic mass is 10.2. The molecular weight excluding hydrogens is 174 g/mol. The number of hydrogen-bond acceptors (Lipinski definition) is 3. The van der Waals surface area contributed by atoms with Crippen LogP contribution in [-0.2, 0) is 6.54 Å². The first kappa shape index (κ1) is 11.1. The molecule has 1 rings (SSSR count). The Morgan fingerprint density at radius 1 is 1.29 bits per heavy atom. The highest BCUT2D eigenvalue weighted by Gasteiger charge is 2.01. The highest BCUT2D eigenvalue weighted by atomic mass is 15.1. The zero-order chi connectivity index (χ0) is 10.6. The third kappa shape index (κ3) is 3.42. The van der Waals surface area contributed by atoms with Gasteiger partial charge in [-0.2, -0.15) is 10.2 Å². The average Bonchev–Trinajstić information content (AvgIpc) is 2.10. The molecule has 0 amide bonds.